The SMILES string of the molecule is CN(C)C(C(=O)C(C)(C)C)c1ccccc1. The van der Waals surface area contributed by atoms with Crippen LogP contribution in [0.1, 0.15) is 32.4 Å². The Morgan fingerprint density at radius 2 is 1.62 bits per heavy atom. The summed E-state index contributed by atoms with van der Waals surface area (Å²) in [5.74, 6) is 0.253. The fourth-order valence-corrected chi connectivity index (χ4v) is 1.73. The molecule has 0 aliphatic heterocycles. The van der Waals surface area contributed by atoms with Crippen LogP contribution in [0.15, 0.2) is 30.3 Å². The minimum atomic E-state index is -0.315. The Morgan fingerprint density at radius 1 is 1.12 bits per heavy atom. The molecule has 0 aliphatic carbocycles. The molecule has 0 radical (unpaired) electrons. The third kappa shape index (κ3) is 2.92. The maximum atomic E-state index is 12.4. The summed E-state index contributed by atoms with van der Waals surface area (Å²) in [5, 5.41) is 0. The molecular formula is C14H21NO. The first-order chi connectivity index (χ1) is 7.34. The molecule has 0 saturated carbocycles. The highest BCUT2D eigenvalue weighted by atomic mass is 16.1. The van der Waals surface area contributed by atoms with E-state index in [-0.39, 0.29) is 17.2 Å². The second-order valence-electron chi connectivity index (χ2n) is 5.39. The van der Waals surface area contributed by atoms with Gasteiger partial charge in [-0.25, -0.2) is 0 Å². The first kappa shape index (κ1) is 12.9. The number of rotatable bonds is 3. The van der Waals surface area contributed by atoms with E-state index in [0.717, 1.165) is 5.56 Å². The van der Waals surface area contributed by atoms with Crippen LogP contribution >= 0.6 is 0 Å². The third-order valence-corrected chi connectivity index (χ3v) is 2.62. The number of hydrogen-bond acceptors (Lipinski definition) is 2. The molecule has 0 amide bonds. The van der Waals surface area contributed by atoms with Crippen LogP contribution in [0.25, 0.3) is 0 Å². The third-order valence-electron chi connectivity index (χ3n) is 2.62. The molecule has 16 heavy (non-hydrogen) atoms. The average molecular weight is 219 g/mol. The summed E-state index contributed by atoms with van der Waals surface area (Å²) in [6.07, 6.45) is 0. The van der Waals surface area contributed by atoms with Gasteiger partial charge in [-0.05, 0) is 19.7 Å². The lowest BCUT2D eigenvalue weighted by atomic mass is 9.83. The van der Waals surface area contributed by atoms with Crippen molar-refractivity contribution >= 4 is 5.78 Å². The van der Waals surface area contributed by atoms with Gasteiger partial charge in [0.15, 0.2) is 5.78 Å². The second-order valence-corrected chi connectivity index (χ2v) is 5.39. The van der Waals surface area contributed by atoms with Gasteiger partial charge in [0.1, 0.15) is 0 Å². The van der Waals surface area contributed by atoms with Crippen LogP contribution in [0, 0.1) is 5.41 Å². The molecule has 1 unspecified atom stereocenters. The Bertz CT molecular complexity index is 349. The monoisotopic (exact) mass is 219 g/mol. The Kier molecular flexibility index (Phi) is 3.87. The molecule has 0 bridgehead atoms. The smallest absolute Gasteiger partial charge is 0.159 e. The number of ketones is 1. The van der Waals surface area contributed by atoms with Crippen LogP contribution in [0.4, 0.5) is 0 Å². The van der Waals surface area contributed by atoms with Crippen molar-refractivity contribution in [1.29, 1.82) is 0 Å². The lowest BCUT2D eigenvalue weighted by Gasteiger charge is -2.29. The molecule has 88 valence electrons. The molecule has 0 spiro atoms. The number of Topliss-reactive ketones (excluding diaryl/α,β-unsaturated/α-hetero) is 1. The van der Waals surface area contributed by atoms with E-state index in [0.29, 0.717) is 0 Å². The van der Waals surface area contributed by atoms with Crippen LogP contribution in [0.3, 0.4) is 0 Å². The molecule has 1 aromatic carbocycles. The van der Waals surface area contributed by atoms with Gasteiger partial charge in [0.05, 0.1) is 6.04 Å². The standard InChI is InChI=1S/C14H21NO/c1-14(2,3)13(16)12(15(4)5)11-9-7-6-8-10-11/h6-10,12H,1-5H3. The molecule has 0 saturated heterocycles. The van der Waals surface area contributed by atoms with Gasteiger partial charge in [-0.15, -0.1) is 0 Å². The Labute approximate surface area is 98.3 Å². The number of carbonyl (C=O) groups is 1. The largest absolute Gasteiger partial charge is 0.297 e. The van der Waals surface area contributed by atoms with Crippen molar-refractivity contribution in [1.82, 2.24) is 4.90 Å². The predicted octanol–water partition coefficient (Wildman–Crippen LogP) is 2.90. The highest BCUT2D eigenvalue weighted by Gasteiger charge is 2.31. The average Bonchev–Trinajstić information content (AvgIpc) is 2.17. The van der Waals surface area contributed by atoms with Crippen LogP contribution < -0.4 is 0 Å². The second kappa shape index (κ2) is 4.79. The topological polar surface area (TPSA) is 20.3 Å². The van der Waals surface area contributed by atoms with Gasteiger partial charge >= 0.3 is 0 Å². The normalized spacial score (nSPS) is 13.9. The molecule has 1 rings (SSSR count). The van der Waals surface area contributed by atoms with Crippen molar-refractivity contribution in [3.8, 4) is 0 Å². The molecule has 2 nitrogen and oxygen atoms in total. The van der Waals surface area contributed by atoms with Crippen LogP contribution in [-0.2, 0) is 4.79 Å². The van der Waals surface area contributed by atoms with E-state index in [2.05, 4.69) is 0 Å². The summed E-state index contributed by atoms with van der Waals surface area (Å²) >= 11 is 0. The minimum Gasteiger partial charge on any atom is -0.297 e. The number of benzene rings is 1. The van der Waals surface area contributed by atoms with Crippen molar-refractivity contribution in [2.45, 2.75) is 26.8 Å². The number of hydrogen-bond donors (Lipinski definition) is 0. The summed E-state index contributed by atoms with van der Waals surface area (Å²) in [6.45, 7) is 5.90. The van der Waals surface area contributed by atoms with Gasteiger partial charge in [0.25, 0.3) is 0 Å². The van der Waals surface area contributed by atoms with Crippen LogP contribution in [0.2, 0.25) is 0 Å². The highest BCUT2D eigenvalue weighted by Crippen LogP contribution is 2.28. The van der Waals surface area contributed by atoms with Crippen molar-refractivity contribution < 1.29 is 4.79 Å². The fourth-order valence-electron chi connectivity index (χ4n) is 1.73. The first-order valence-corrected chi connectivity index (χ1v) is 5.59. The van der Waals surface area contributed by atoms with Crippen molar-refractivity contribution in [3.63, 3.8) is 0 Å². The van der Waals surface area contributed by atoms with Crippen molar-refractivity contribution in [3.05, 3.63) is 35.9 Å². The van der Waals surface area contributed by atoms with Crippen LogP contribution in [0.5, 0.6) is 0 Å². The summed E-state index contributed by atoms with van der Waals surface area (Å²) < 4.78 is 0. The summed E-state index contributed by atoms with van der Waals surface area (Å²) in [4.78, 5) is 14.3. The van der Waals surface area contributed by atoms with Crippen molar-refractivity contribution in [2.75, 3.05) is 14.1 Å². The molecule has 1 aromatic rings. The van der Waals surface area contributed by atoms with Gasteiger partial charge in [0.2, 0.25) is 0 Å². The zero-order valence-corrected chi connectivity index (χ0v) is 10.8. The minimum absolute atomic E-state index is 0.152. The molecule has 0 aliphatic rings. The summed E-state index contributed by atoms with van der Waals surface area (Å²) in [6, 6.07) is 9.78. The van der Waals surface area contributed by atoms with Gasteiger partial charge < -0.3 is 0 Å². The van der Waals surface area contributed by atoms with Crippen molar-refractivity contribution in [2.24, 2.45) is 5.41 Å². The quantitative estimate of drug-likeness (QED) is 0.779. The zero-order valence-electron chi connectivity index (χ0n) is 10.8. The van der Waals surface area contributed by atoms with E-state index in [1.807, 2.05) is 70.1 Å². The summed E-state index contributed by atoms with van der Waals surface area (Å²) in [7, 11) is 3.89. The lowest BCUT2D eigenvalue weighted by molar-refractivity contribution is -0.131. The molecule has 0 heterocycles. The van der Waals surface area contributed by atoms with Gasteiger partial charge in [-0.2, -0.15) is 0 Å². The van der Waals surface area contributed by atoms with E-state index in [1.54, 1.807) is 0 Å². The molecule has 0 fully saturated rings. The highest BCUT2D eigenvalue weighted by molar-refractivity contribution is 5.89. The predicted molar refractivity (Wildman–Crippen MR) is 67.3 cm³/mol. The molecule has 1 atom stereocenters. The lowest BCUT2D eigenvalue weighted by Crippen LogP contribution is -2.35. The first-order valence-electron chi connectivity index (χ1n) is 5.59. The zero-order chi connectivity index (χ0) is 12.3. The maximum absolute atomic E-state index is 12.4. The van der Waals surface area contributed by atoms with Crippen LogP contribution in [-0.4, -0.2) is 24.8 Å². The van der Waals surface area contributed by atoms with Gasteiger partial charge in [-0.3, -0.25) is 9.69 Å². The number of nitrogens with zero attached hydrogens (tertiary/aromatic N) is 1. The number of carbonyl (C=O) groups excluding carboxylic acids is 1. The van der Waals surface area contributed by atoms with Gasteiger partial charge in [-0.1, -0.05) is 51.1 Å². The van der Waals surface area contributed by atoms with E-state index in [1.165, 1.54) is 0 Å². The molecule has 0 aromatic heterocycles. The molecule has 0 N–H and O–H groups in total. The number of likely N-dealkylation sites (N-methyl/N-ethyl adjacent to an activating group) is 1. The van der Waals surface area contributed by atoms with E-state index >= 15 is 0 Å². The van der Waals surface area contributed by atoms with E-state index < -0.39 is 0 Å². The van der Waals surface area contributed by atoms with E-state index in [9.17, 15) is 4.79 Å². The molecule has 2 heteroatoms. The Balaban J connectivity index is 3.07. The summed E-state index contributed by atoms with van der Waals surface area (Å²) in [5.41, 5.74) is 0.748. The Hall–Kier alpha value is -1.15. The van der Waals surface area contributed by atoms with E-state index in [4.69, 9.17) is 0 Å². The Morgan fingerprint density at radius 3 is 2.00 bits per heavy atom. The fraction of sp³-hybridized carbons (Fsp3) is 0.500. The van der Waals surface area contributed by atoms with Gasteiger partial charge in [0, 0.05) is 5.41 Å². The molecular weight excluding hydrogens is 198 g/mol. The maximum Gasteiger partial charge on any atom is 0.159 e.